The number of hydrogen-bond acceptors (Lipinski definition) is 4. The predicted octanol–water partition coefficient (Wildman–Crippen LogP) is 1.01. The summed E-state index contributed by atoms with van der Waals surface area (Å²) < 4.78 is 4.94. The summed E-state index contributed by atoms with van der Waals surface area (Å²) >= 11 is 0. The first-order valence-corrected chi connectivity index (χ1v) is 6.58. The smallest absolute Gasteiger partial charge is 0.327 e. The van der Waals surface area contributed by atoms with Gasteiger partial charge in [-0.1, -0.05) is 0 Å². The van der Waals surface area contributed by atoms with Gasteiger partial charge in [-0.2, -0.15) is 0 Å². The summed E-state index contributed by atoms with van der Waals surface area (Å²) in [6.45, 7) is 3.78. The van der Waals surface area contributed by atoms with Gasteiger partial charge in [-0.05, 0) is 45.6 Å². The Morgan fingerprint density at radius 2 is 2.06 bits per heavy atom. The Labute approximate surface area is 104 Å². The highest BCUT2D eigenvalue weighted by molar-refractivity contribution is 5.80. The molecular formula is C13H24N2O2. The lowest BCUT2D eigenvalue weighted by Gasteiger charge is -2.32. The van der Waals surface area contributed by atoms with E-state index in [0.29, 0.717) is 6.04 Å². The molecule has 0 heterocycles. The van der Waals surface area contributed by atoms with E-state index < -0.39 is 5.54 Å². The number of ether oxygens (including phenoxy) is 1. The number of nitrogens with one attached hydrogen (secondary N) is 1. The van der Waals surface area contributed by atoms with Crippen molar-refractivity contribution >= 4 is 5.97 Å². The molecule has 17 heavy (non-hydrogen) atoms. The number of methoxy groups -OCH3 is 1. The number of likely N-dealkylation sites (N-methyl/N-ethyl adjacent to an activating group) is 1. The van der Waals surface area contributed by atoms with Crippen molar-refractivity contribution in [1.29, 1.82) is 0 Å². The molecule has 2 rings (SSSR count). The largest absolute Gasteiger partial charge is 0.468 e. The Balaban J connectivity index is 1.89. The third-order valence-corrected chi connectivity index (χ3v) is 3.59. The zero-order chi connectivity index (χ0) is 12.5. The molecule has 1 unspecified atom stereocenters. The van der Waals surface area contributed by atoms with Crippen molar-refractivity contribution in [2.45, 2.75) is 44.2 Å². The van der Waals surface area contributed by atoms with Gasteiger partial charge in [0.25, 0.3) is 0 Å². The van der Waals surface area contributed by atoms with Gasteiger partial charge in [-0.25, -0.2) is 0 Å². The fourth-order valence-electron chi connectivity index (χ4n) is 2.42. The van der Waals surface area contributed by atoms with Crippen LogP contribution in [0.1, 0.15) is 32.6 Å². The number of carbonyl (C=O) groups is 1. The van der Waals surface area contributed by atoms with Crippen molar-refractivity contribution in [3.05, 3.63) is 0 Å². The molecule has 0 aliphatic heterocycles. The summed E-state index contributed by atoms with van der Waals surface area (Å²) in [5.41, 5.74) is -0.556. The Morgan fingerprint density at radius 1 is 1.41 bits per heavy atom. The molecule has 0 aromatic heterocycles. The second-order valence-corrected chi connectivity index (χ2v) is 5.88. The van der Waals surface area contributed by atoms with Crippen LogP contribution in [0.4, 0.5) is 0 Å². The van der Waals surface area contributed by atoms with Crippen LogP contribution in [0.2, 0.25) is 0 Å². The Kier molecular flexibility index (Phi) is 3.73. The summed E-state index contributed by atoms with van der Waals surface area (Å²) in [5.74, 6) is 0.704. The van der Waals surface area contributed by atoms with Gasteiger partial charge in [0.1, 0.15) is 5.54 Å². The molecule has 98 valence electrons. The first kappa shape index (κ1) is 12.8. The summed E-state index contributed by atoms with van der Waals surface area (Å²) in [6, 6.07) is 0.508. The van der Waals surface area contributed by atoms with Crippen LogP contribution in [0.15, 0.2) is 0 Å². The van der Waals surface area contributed by atoms with Crippen molar-refractivity contribution in [1.82, 2.24) is 10.2 Å². The molecule has 0 aromatic rings. The molecule has 0 spiro atoms. The van der Waals surface area contributed by atoms with Gasteiger partial charge in [-0.15, -0.1) is 0 Å². The molecule has 2 aliphatic rings. The number of carbonyl (C=O) groups excluding carboxylic acids is 1. The van der Waals surface area contributed by atoms with E-state index in [9.17, 15) is 4.79 Å². The molecule has 4 heteroatoms. The Morgan fingerprint density at radius 3 is 2.53 bits per heavy atom. The van der Waals surface area contributed by atoms with Crippen LogP contribution in [-0.2, 0) is 9.53 Å². The van der Waals surface area contributed by atoms with E-state index in [-0.39, 0.29) is 5.97 Å². The minimum absolute atomic E-state index is 0.146. The summed E-state index contributed by atoms with van der Waals surface area (Å²) in [5, 5.41) is 3.43. The second-order valence-electron chi connectivity index (χ2n) is 5.88. The molecule has 2 saturated carbocycles. The Bertz CT molecular complexity index is 287. The van der Waals surface area contributed by atoms with Gasteiger partial charge in [0.15, 0.2) is 0 Å². The highest BCUT2D eigenvalue weighted by Crippen LogP contribution is 2.30. The zero-order valence-corrected chi connectivity index (χ0v) is 11.2. The van der Waals surface area contributed by atoms with Crippen LogP contribution >= 0.6 is 0 Å². The van der Waals surface area contributed by atoms with E-state index in [2.05, 4.69) is 17.3 Å². The number of rotatable bonds is 7. The average Bonchev–Trinajstić information content (AvgIpc) is 3.12. The van der Waals surface area contributed by atoms with Gasteiger partial charge in [0.2, 0.25) is 0 Å². The lowest BCUT2D eigenvalue weighted by molar-refractivity contribution is -0.148. The van der Waals surface area contributed by atoms with Crippen LogP contribution in [0.5, 0.6) is 0 Å². The number of nitrogens with zero attached hydrogens (tertiary/aromatic N) is 1. The molecule has 2 aliphatic carbocycles. The highest BCUT2D eigenvalue weighted by atomic mass is 16.5. The van der Waals surface area contributed by atoms with E-state index >= 15 is 0 Å². The fourth-order valence-corrected chi connectivity index (χ4v) is 2.42. The van der Waals surface area contributed by atoms with E-state index in [4.69, 9.17) is 4.74 Å². The van der Waals surface area contributed by atoms with Crippen LogP contribution in [-0.4, -0.2) is 49.7 Å². The monoisotopic (exact) mass is 240 g/mol. The SMILES string of the molecule is COC(=O)C(C)(CN(C)CC1CC1)NC1CC1. The molecule has 0 bridgehead atoms. The summed E-state index contributed by atoms with van der Waals surface area (Å²) in [4.78, 5) is 14.2. The van der Waals surface area contributed by atoms with Crippen molar-refractivity contribution < 1.29 is 9.53 Å². The van der Waals surface area contributed by atoms with Crippen LogP contribution in [0.3, 0.4) is 0 Å². The molecular weight excluding hydrogens is 216 g/mol. The van der Waals surface area contributed by atoms with E-state index in [1.165, 1.54) is 32.8 Å². The molecule has 2 fully saturated rings. The zero-order valence-electron chi connectivity index (χ0n) is 11.2. The summed E-state index contributed by atoms with van der Waals surface area (Å²) in [7, 11) is 3.56. The molecule has 4 nitrogen and oxygen atoms in total. The summed E-state index contributed by atoms with van der Waals surface area (Å²) in [6.07, 6.45) is 5.04. The maximum absolute atomic E-state index is 11.9. The molecule has 0 amide bonds. The topological polar surface area (TPSA) is 41.6 Å². The van der Waals surface area contributed by atoms with Gasteiger partial charge in [0, 0.05) is 19.1 Å². The quantitative estimate of drug-likeness (QED) is 0.674. The lowest BCUT2D eigenvalue weighted by atomic mass is 10.0. The normalized spacial score (nSPS) is 23.5. The number of esters is 1. The van der Waals surface area contributed by atoms with Crippen LogP contribution < -0.4 is 5.32 Å². The van der Waals surface area contributed by atoms with Gasteiger partial charge in [-0.3, -0.25) is 10.1 Å². The van der Waals surface area contributed by atoms with Crippen molar-refractivity contribution in [3.8, 4) is 0 Å². The lowest BCUT2D eigenvalue weighted by Crippen LogP contribution is -2.57. The maximum atomic E-state index is 11.9. The molecule has 0 saturated heterocycles. The van der Waals surface area contributed by atoms with Crippen molar-refractivity contribution in [3.63, 3.8) is 0 Å². The minimum Gasteiger partial charge on any atom is -0.468 e. The molecule has 1 N–H and O–H groups in total. The molecule has 0 radical (unpaired) electrons. The third-order valence-electron chi connectivity index (χ3n) is 3.59. The van der Waals surface area contributed by atoms with Gasteiger partial charge < -0.3 is 9.64 Å². The first-order valence-electron chi connectivity index (χ1n) is 6.58. The predicted molar refractivity (Wildman–Crippen MR) is 66.8 cm³/mol. The molecule has 0 aromatic carbocycles. The highest BCUT2D eigenvalue weighted by Gasteiger charge is 2.40. The standard InChI is InChI=1S/C13H24N2O2/c1-13(12(16)17-3,14-11-6-7-11)9-15(2)8-10-4-5-10/h10-11,14H,4-9H2,1-3H3. The third kappa shape index (κ3) is 3.68. The minimum atomic E-state index is -0.556. The van der Waals surface area contributed by atoms with Crippen LogP contribution in [0.25, 0.3) is 0 Å². The van der Waals surface area contributed by atoms with E-state index in [1.807, 2.05) is 6.92 Å². The first-order chi connectivity index (χ1) is 8.03. The maximum Gasteiger partial charge on any atom is 0.327 e. The van der Waals surface area contributed by atoms with Gasteiger partial charge >= 0.3 is 5.97 Å². The molecule has 1 atom stereocenters. The van der Waals surface area contributed by atoms with Gasteiger partial charge in [0.05, 0.1) is 7.11 Å². The second kappa shape index (κ2) is 4.94. The Hall–Kier alpha value is -0.610. The van der Waals surface area contributed by atoms with E-state index in [0.717, 1.165) is 19.0 Å². The van der Waals surface area contributed by atoms with Crippen molar-refractivity contribution in [2.24, 2.45) is 5.92 Å². The average molecular weight is 240 g/mol. The van der Waals surface area contributed by atoms with E-state index in [1.54, 1.807) is 0 Å². The number of hydrogen-bond donors (Lipinski definition) is 1. The fraction of sp³-hybridized carbons (Fsp3) is 0.923. The van der Waals surface area contributed by atoms with Crippen molar-refractivity contribution in [2.75, 3.05) is 27.2 Å². The van der Waals surface area contributed by atoms with Crippen LogP contribution in [0, 0.1) is 5.92 Å².